The molecule has 4 rings (SSSR count). The summed E-state index contributed by atoms with van der Waals surface area (Å²) >= 11 is 0. The molecule has 0 atom stereocenters. The Morgan fingerprint density at radius 3 is 2.79 bits per heavy atom. The predicted molar refractivity (Wildman–Crippen MR) is 124 cm³/mol. The quantitative estimate of drug-likeness (QED) is 0.658. The van der Waals surface area contributed by atoms with E-state index in [2.05, 4.69) is 10.2 Å². The van der Waals surface area contributed by atoms with Crippen molar-refractivity contribution in [3.05, 3.63) is 59.7 Å². The van der Waals surface area contributed by atoms with Crippen LogP contribution in [0.4, 0.5) is 14.5 Å². The lowest BCUT2D eigenvalue weighted by molar-refractivity contribution is -0.121. The van der Waals surface area contributed by atoms with E-state index < -0.39 is 11.6 Å². The zero-order valence-electron chi connectivity index (χ0n) is 18.7. The second kappa shape index (κ2) is 10.8. The summed E-state index contributed by atoms with van der Waals surface area (Å²) in [5, 5.41) is 3.56. The summed E-state index contributed by atoms with van der Waals surface area (Å²) in [6, 6.07) is 9.33. The number of amides is 1. The highest BCUT2D eigenvalue weighted by Crippen LogP contribution is 2.35. The minimum atomic E-state index is -0.440. The highest BCUT2D eigenvalue weighted by atomic mass is 19.1. The molecular formula is C25H29F2N3O3. The number of fused-ring (bicyclic) bond motifs is 1. The number of nitrogens with one attached hydrogen (secondary N) is 1. The number of ether oxygens (including phenoxy) is 2. The van der Waals surface area contributed by atoms with Gasteiger partial charge in [-0.3, -0.25) is 9.69 Å². The average Bonchev–Trinajstić information content (AvgIpc) is 2.83. The van der Waals surface area contributed by atoms with Gasteiger partial charge in [-0.15, -0.1) is 0 Å². The van der Waals surface area contributed by atoms with Gasteiger partial charge in [0.25, 0.3) is 5.91 Å². The van der Waals surface area contributed by atoms with E-state index in [-0.39, 0.29) is 18.1 Å². The lowest BCUT2D eigenvalue weighted by Crippen LogP contribution is -2.47. The van der Waals surface area contributed by atoms with Gasteiger partial charge in [-0.05, 0) is 56.3 Å². The van der Waals surface area contributed by atoms with E-state index in [1.54, 1.807) is 18.1 Å². The summed E-state index contributed by atoms with van der Waals surface area (Å²) in [5.74, 6) is 0.454. The number of halogens is 2. The number of likely N-dealkylation sites (tertiary alicyclic amines) is 1. The molecule has 33 heavy (non-hydrogen) atoms. The van der Waals surface area contributed by atoms with Gasteiger partial charge in [0.05, 0.1) is 12.8 Å². The molecule has 1 amide bonds. The lowest BCUT2D eigenvalue weighted by atomic mass is 10.0. The maximum atomic E-state index is 13.7. The Balaban J connectivity index is 1.22. The Kier molecular flexibility index (Phi) is 7.57. The first-order chi connectivity index (χ1) is 16.0. The first-order valence-electron chi connectivity index (χ1n) is 11.2. The van der Waals surface area contributed by atoms with Crippen LogP contribution in [0.1, 0.15) is 18.4 Å². The number of anilines is 1. The Hall–Kier alpha value is -2.97. The summed E-state index contributed by atoms with van der Waals surface area (Å²) < 4.78 is 37.8. The maximum absolute atomic E-state index is 13.7. The highest BCUT2D eigenvalue weighted by molar-refractivity contribution is 5.98. The molecule has 0 radical (unpaired) electrons. The molecule has 0 aliphatic carbocycles. The number of nitrogens with zero attached hydrogens (tertiary/aromatic N) is 2. The fraction of sp³-hybridized carbons (Fsp3) is 0.400. The standard InChI is InChI=1S/C25H29F2N3O3/c1-32-21-5-7-24-23(16-21)30(25(31)17-33-24)14-10-28-20-8-12-29(13-9-20)11-2-3-18-15-19(26)4-6-22(18)27/h2-7,15-16,20,28H,8-14,17H2,1H3/b3-2+. The van der Waals surface area contributed by atoms with Crippen LogP contribution < -0.4 is 19.7 Å². The number of methoxy groups -OCH3 is 1. The Bertz CT molecular complexity index is 1010. The van der Waals surface area contributed by atoms with Crippen LogP contribution in [-0.2, 0) is 4.79 Å². The number of benzene rings is 2. The fourth-order valence-electron chi connectivity index (χ4n) is 4.23. The molecule has 1 N–H and O–H groups in total. The van der Waals surface area contributed by atoms with E-state index in [1.807, 2.05) is 24.3 Å². The summed E-state index contributed by atoms with van der Waals surface area (Å²) in [7, 11) is 1.60. The molecule has 6 nitrogen and oxygen atoms in total. The van der Waals surface area contributed by atoms with Gasteiger partial charge in [0.15, 0.2) is 6.61 Å². The Morgan fingerprint density at radius 2 is 2.00 bits per heavy atom. The minimum absolute atomic E-state index is 0.0464. The summed E-state index contributed by atoms with van der Waals surface area (Å²) in [5.41, 5.74) is 1.01. The van der Waals surface area contributed by atoms with Crippen LogP contribution in [0.3, 0.4) is 0 Å². The fourth-order valence-corrected chi connectivity index (χ4v) is 4.23. The minimum Gasteiger partial charge on any atom is -0.497 e. The molecule has 0 spiro atoms. The largest absolute Gasteiger partial charge is 0.497 e. The first-order valence-corrected chi connectivity index (χ1v) is 11.2. The van der Waals surface area contributed by atoms with E-state index in [9.17, 15) is 13.6 Å². The third kappa shape index (κ3) is 5.89. The van der Waals surface area contributed by atoms with Gasteiger partial charge in [-0.25, -0.2) is 8.78 Å². The molecule has 2 heterocycles. The third-order valence-electron chi connectivity index (χ3n) is 6.08. The van der Waals surface area contributed by atoms with E-state index >= 15 is 0 Å². The molecule has 2 aliphatic rings. The molecule has 0 unspecified atom stereocenters. The smallest absolute Gasteiger partial charge is 0.265 e. The zero-order chi connectivity index (χ0) is 23.2. The van der Waals surface area contributed by atoms with Crippen LogP contribution in [-0.4, -0.2) is 63.3 Å². The van der Waals surface area contributed by atoms with Crippen molar-refractivity contribution < 1.29 is 23.0 Å². The third-order valence-corrected chi connectivity index (χ3v) is 6.08. The Labute approximate surface area is 192 Å². The predicted octanol–water partition coefficient (Wildman–Crippen LogP) is 3.47. The van der Waals surface area contributed by atoms with Gasteiger partial charge in [-0.2, -0.15) is 0 Å². The topological polar surface area (TPSA) is 54.0 Å². The van der Waals surface area contributed by atoms with Crippen LogP contribution in [0, 0.1) is 11.6 Å². The van der Waals surface area contributed by atoms with Crippen molar-refractivity contribution in [3.8, 4) is 11.5 Å². The molecule has 1 saturated heterocycles. The highest BCUT2D eigenvalue weighted by Gasteiger charge is 2.26. The molecule has 1 fully saturated rings. The number of carbonyl (C=O) groups is 1. The summed E-state index contributed by atoms with van der Waals surface area (Å²) in [6.45, 7) is 3.83. The van der Waals surface area contributed by atoms with Crippen molar-refractivity contribution in [2.24, 2.45) is 0 Å². The van der Waals surface area contributed by atoms with Gasteiger partial charge in [0, 0.05) is 37.3 Å². The van der Waals surface area contributed by atoms with Crippen molar-refractivity contribution in [3.63, 3.8) is 0 Å². The van der Waals surface area contributed by atoms with Gasteiger partial charge in [0.1, 0.15) is 23.1 Å². The maximum Gasteiger partial charge on any atom is 0.265 e. The molecule has 0 saturated carbocycles. The van der Waals surface area contributed by atoms with Crippen molar-refractivity contribution >= 4 is 17.7 Å². The van der Waals surface area contributed by atoms with Gasteiger partial charge in [-0.1, -0.05) is 12.2 Å². The number of piperidine rings is 1. The second-order valence-electron chi connectivity index (χ2n) is 8.26. The SMILES string of the molecule is COc1ccc2c(c1)N(CCNC1CCN(C/C=C/c3cc(F)ccc3F)CC1)C(=O)CO2. The summed E-state index contributed by atoms with van der Waals surface area (Å²) in [4.78, 5) is 16.4. The van der Waals surface area contributed by atoms with Crippen LogP contribution >= 0.6 is 0 Å². The monoisotopic (exact) mass is 457 g/mol. The Morgan fingerprint density at radius 1 is 1.18 bits per heavy atom. The van der Waals surface area contributed by atoms with Crippen LogP contribution in [0.25, 0.3) is 6.08 Å². The van der Waals surface area contributed by atoms with Gasteiger partial charge < -0.3 is 19.7 Å². The van der Waals surface area contributed by atoms with E-state index in [0.29, 0.717) is 37.2 Å². The zero-order valence-corrected chi connectivity index (χ0v) is 18.7. The van der Waals surface area contributed by atoms with Crippen LogP contribution in [0.2, 0.25) is 0 Å². The van der Waals surface area contributed by atoms with Crippen molar-refractivity contribution in [1.82, 2.24) is 10.2 Å². The van der Waals surface area contributed by atoms with Gasteiger partial charge in [0.2, 0.25) is 0 Å². The normalized spacial score (nSPS) is 17.3. The van der Waals surface area contributed by atoms with E-state index in [1.165, 1.54) is 6.07 Å². The molecule has 2 aliphatic heterocycles. The molecule has 0 aromatic heterocycles. The lowest BCUT2D eigenvalue weighted by Gasteiger charge is -2.33. The van der Waals surface area contributed by atoms with Crippen molar-refractivity contribution in [1.29, 1.82) is 0 Å². The summed E-state index contributed by atoms with van der Waals surface area (Å²) in [6.07, 6.45) is 5.49. The molecule has 2 aromatic carbocycles. The van der Waals surface area contributed by atoms with Crippen molar-refractivity contribution in [2.75, 3.05) is 51.3 Å². The van der Waals surface area contributed by atoms with E-state index in [0.717, 1.165) is 43.8 Å². The number of hydrogen-bond donors (Lipinski definition) is 1. The number of carbonyl (C=O) groups excluding carboxylic acids is 1. The molecule has 176 valence electrons. The van der Waals surface area contributed by atoms with E-state index in [4.69, 9.17) is 9.47 Å². The second-order valence-corrected chi connectivity index (χ2v) is 8.26. The molecule has 2 aromatic rings. The molecule has 8 heteroatoms. The average molecular weight is 458 g/mol. The van der Waals surface area contributed by atoms with Crippen LogP contribution in [0.15, 0.2) is 42.5 Å². The number of hydrogen-bond acceptors (Lipinski definition) is 5. The molecule has 0 bridgehead atoms. The van der Waals surface area contributed by atoms with Gasteiger partial charge >= 0.3 is 0 Å². The first kappa shape index (κ1) is 23.2. The molecular weight excluding hydrogens is 428 g/mol. The number of rotatable bonds is 8. The van der Waals surface area contributed by atoms with Crippen molar-refractivity contribution in [2.45, 2.75) is 18.9 Å². The van der Waals surface area contributed by atoms with Crippen LogP contribution in [0.5, 0.6) is 11.5 Å².